The van der Waals surface area contributed by atoms with Crippen molar-refractivity contribution in [2.45, 2.75) is 39.7 Å². The predicted molar refractivity (Wildman–Crippen MR) is 118 cm³/mol. The van der Waals surface area contributed by atoms with Crippen LogP contribution >= 0.6 is 0 Å². The van der Waals surface area contributed by atoms with Gasteiger partial charge in [0.25, 0.3) is 0 Å². The normalized spacial score (nSPS) is 13.8. The smallest absolute Gasteiger partial charge is 0.0648 e. The summed E-state index contributed by atoms with van der Waals surface area (Å²) in [5.41, 5.74) is 6.33. The number of nitrogens with zero attached hydrogens (tertiary/aromatic N) is 2. The van der Waals surface area contributed by atoms with Crippen molar-refractivity contribution < 1.29 is 0 Å². The molecule has 0 spiro atoms. The number of fused-ring (bicyclic) bond motifs is 1. The van der Waals surface area contributed by atoms with Gasteiger partial charge in [0, 0.05) is 28.7 Å². The zero-order chi connectivity index (χ0) is 19.7. The Bertz CT molecular complexity index is 1070. The van der Waals surface area contributed by atoms with Gasteiger partial charge < -0.3 is 4.57 Å². The molecule has 0 aliphatic rings. The average molecular weight is 369 g/mol. The van der Waals surface area contributed by atoms with Crippen LogP contribution in [0, 0.1) is 12.8 Å². The van der Waals surface area contributed by atoms with Crippen LogP contribution in [0.25, 0.3) is 10.9 Å². The topological polar surface area (TPSA) is 17.8 Å². The van der Waals surface area contributed by atoms with Crippen LogP contribution < -0.4 is 0 Å². The number of hydrogen-bond acceptors (Lipinski definition) is 1. The second-order valence-corrected chi connectivity index (χ2v) is 8.23. The number of rotatable bonds is 5. The van der Waals surface area contributed by atoms with E-state index in [1.807, 2.05) is 12.3 Å². The van der Waals surface area contributed by atoms with E-state index in [9.17, 15) is 0 Å². The van der Waals surface area contributed by atoms with E-state index in [-0.39, 0.29) is 5.41 Å². The first kappa shape index (κ1) is 18.5. The summed E-state index contributed by atoms with van der Waals surface area (Å²) in [5, 5.41) is 1.33. The largest absolute Gasteiger partial charge is 0.341 e. The minimum atomic E-state index is -0.0668. The second kappa shape index (κ2) is 7.27. The summed E-state index contributed by atoms with van der Waals surface area (Å²) in [7, 11) is 0. The molecule has 0 fully saturated rings. The second-order valence-electron chi connectivity index (χ2n) is 8.23. The molecular formula is C26H28N2. The average Bonchev–Trinajstić information content (AvgIpc) is 3.07. The van der Waals surface area contributed by atoms with Crippen LogP contribution in [0.3, 0.4) is 0 Å². The van der Waals surface area contributed by atoms with E-state index < -0.39 is 0 Å². The highest BCUT2D eigenvalue weighted by molar-refractivity contribution is 5.86. The van der Waals surface area contributed by atoms with Gasteiger partial charge in [-0.05, 0) is 42.2 Å². The van der Waals surface area contributed by atoms with Gasteiger partial charge in [0.15, 0.2) is 0 Å². The molecular weight excluding hydrogens is 340 g/mol. The molecule has 1 unspecified atom stereocenters. The molecule has 1 atom stereocenters. The van der Waals surface area contributed by atoms with Crippen LogP contribution in [0.2, 0.25) is 0 Å². The van der Waals surface area contributed by atoms with Crippen molar-refractivity contribution in [1.29, 1.82) is 0 Å². The number of aryl methyl sites for hydroxylation is 1. The van der Waals surface area contributed by atoms with Crippen molar-refractivity contribution in [3.05, 3.63) is 102 Å². The van der Waals surface area contributed by atoms with E-state index in [0.29, 0.717) is 5.92 Å². The Labute approximate surface area is 167 Å². The van der Waals surface area contributed by atoms with Gasteiger partial charge in [0.2, 0.25) is 0 Å². The summed E-state index contributed by atoms with van der Waals surface area (Å²) < 4.78 is 2.35. The lowest BCUT2D eigenvalue weighted by Gasteiger charge is -2.35. The zero-order valence-electron chi connectivity index (χ0n) is 17.2. The molecule has 0 N–H and O–H groups in total. The Morgan fingerprint density at radius 2 is 1.64 bits per heavy atom. The van der Waals surface area contributed by atoms with Crippen LogP contribution in [0.1, 0.15) is 43.2 Å². The fourth-order valence-corrected chi connectivity index (χ4v) is 4.16. The maximum atomic E-state index is 4.53. The Morgan fingerprint density at radius 1 is 0.929 bits per heavy atom. The van der Waals surface area contributed by atoms with Crippen LogP contribution in [0.4, 0.5) is 0 Å². The van der Waals surface area contributed by atoms with E-state index in [0.717, 1.165) is 12.2 Å². The van der Waals surface area contributed by atoms with Crippen LogP contribution in [-0.4, -0.2) is 9.55 Å². The van der Waals surface area contributed by atoms with Crippen molar-refractivity contribution in [2.75, 3.05) is 0 Å². The molecule has 2 heterocycles. The molecule has 2 aromatic carbocycles. The van der Waals surface area contributed by atoms with Crippen LogP contribution in [0.15, 0.2) is 79.1 Å². The predicted octanol–water partition coefficient (Wildman–Crippen LogP) is 6.36. The molecule has 0 aliphatic heterocycles. The molecule has 142 valence electrons. The Balaban J connectivity index is 1.90. The number of aromatic nitrogens is 2. The van der Waals surface area contributed by atoms with Gasteiger partial charge >= 0.3 is 0 Å². The molecule has 0 aliphatic carbocycles. The van der Waals surface area contributed by atoms with Crippen LogP contribution in [0.5, 0.6) is 0 Å². The van der Waals surface area contributed by atoms with E-state index in [4.69, 9.17) is 0 Å². The van der Waals surface area contributed by atoms with Gasteiger partial charge in [-0.1, -0.05) is 74.9 Å². The van der Waals surface area contributed by atoms with Gasteiger partial charge in [0.1, 0.15) is 0 Å². The highest BCUT2D eigenvalue weighted by Crippen LogP contribution is 2.43. The summed E-state index contributed by atoms with van der Waals surface area (Å²) in [4.78, 5) is 4.53. The fraction of sp³-hybridized carbons (Fsp3) is 0.269. The summed E-state index contributed by atoms with van der Waals surface area (Å²) in [6.07, 6.45) is 4.21. The van der Waals surface area contributed by atoms with Crippen molar-refractivity contribution in [3.63, 3.8) is 0 Å². The van der Waals surface area contributed by atoms with Gasteiger partial charge in [-0.15, -0.1) is 0 Å². The number of para-hydroxylation sites is 1. The maximum absolute atomic E-state index is 4.53. The van der Waals surface area contributed by atoms with Gasteiger partial charge in [-0.2, -0.15) is 0 Å². The van der Waals surface area contributed by atoms with Crippen molar-refractivity contribution >= 4 is 10.9 Å². The quantitative estimate of drug-likeness (QED) is 0.401. The molecule has 0 bridgehead atoms. The van der Waals surface area contributed by atoms with Gasteiger partial charge in [-0.25, -0.2) is 0 Å². The van der Waals surface area contributed by atoms with Crippen molar-refractivity contribution in [1.82, 2.24) is 9.55 Å². The summed E-state index contributed by atoms with van der Waals surface area (Å²) in [6.45, 7) is 9.96. The third-order valence-electron chi connectivity index (χ3n) is 6.21. The minimum absolute atomic E-state index is 0.0668. The molecule has 4 aromatic rings. The number of hydrogen-bond donors (Lipinski definition) is 0. The fourth-order valence-electron chi connectivity index (χ4n) is 4.16. The lowest BCUT2D eigenvalue weighted by atomic mass is 9.68. The molecule has 2 heteroatoms. The van der Waals surface area contributed by atoms with Crippen molar-refractivity contribution in [3.8, 4) is 0 Å². The van der Waals surface area contributed by atoms with Crippen molar-refractivity contribution in [2.24, 2.45) is 5.92 Å². The Kier molecular flexibility index (Phi) is 4.80. The van der Waals surface area contributed by atoms with Gasteiger partial charge in [0.05, 0.1) is 12.2 Å². The third-order valence-corrected chi connectivity index (χ3v) is 6.21. The standard InChI is InChI=1S/C26H28N2/c1-19(2)26(4,21-14-12-20(3)13-15-21)24-18-28(17-22-9-7-8-16-27-22)25-11-6-5-10-23(24)25/h5-16,18-19H,17H2,1-4H3. The highest BCUT2D eigenvalue weighted by Gasteiger charge is 2.35. The summed E-state index contributed by atoms with van der Waals surface area (Å²) in [5.74, 6) is 0.462. The first-order valence-corrected chi connectivity index (χ1v) is 10.1. The first-order chi connectivity index (χ1) is 13.5. The molecule has 0 saturated carbocycles. The van der Waals surface area contributed by atoms with Gasteiger partial charge in [-0.3, -0.25) is 4.98 Å². The SMILES string of the molecule is Cc1ccc(C(C)(c2cn(Cc3ccccn3)c3ccccc23)C(C)C)cc1. The minimum Gasteiger partial charge on any atom is -0.341 e. The summed E-state index contributed by atoms with van der Waals surface area (Å²) >= 11 is 0. The van der Waals surface area contributed by atoms with E-state index in [1.54, 1.807) is 0 Å². The maximum Gasteiger partial charge on any atom is 0.0648 e. The molecule has 2 aromatic heterocycles. The molecule has 0 amide bonds. The summed E-state index contributed by atoms with van der Waals surface area (Å²) in [6, 6.07) is 23.9. The molecule has 2 nitrogen and oxygen atoms in total. The Hall–Kier alpha value is -2.87. The Morgan fingerprint density at radius 3 is 2.32 bits per heavy atom. The number of pyridine rings is 1. The zero-order valence-corrected chi connectivity index (χ0v) is 17.2. The monoisotopic (exact) mass is 368 g/mol. The van der Waals surface area contributed by atoms with E-state index >= 15 is 0 Å². The molecule has 4 rings (SSSR count). The molecule has 0 radical (unpaired) electrons. The lowest BCUT2D eigenvalue weighted by molar-refractivity contribution is 0.407. The number of benzene rings is 2. The first-order valence-electron chi connectivity index (χ1n) is 10.1. The highest BCUT2D eigenvalue weighted by atomic mass is 15.0. The lowest BCUT2D eigenvalue weighted by Crippen LogP contribution is -2.30. The van der Waals surface area contributed by atoms with Crippen LogP contribution in [-0.2, 0) is 12.0 Å². The molecule has 28 heavy (non-hydrogen) atoms. The third kappa shape index (κ3) is 3.13. The molecule has 0 saturated heterocycles. The van der Waals surface area contributed by atoms with E-state index in [1.165, 1.54) is 27.6 Å². The van der Waals surface area contributed by atoms with E-state index in [2.05, 4.69) is 104 Å².